The Morgan fingerprint density at radius 1 is 1.46 bits per heavy atom. The predicted octanol–water partition coefficient (Wildman–Crippen LogP) is 3.09. The van der Waals surface area contributed by atoms with E-state index in [-0.39, 0.29) is 5.91 Å². The van der Waals surface area contributed by atoms with Gasteiger partial charge in [-0.05, 0) is 36.5 Å². The molecule has 2 aromatic rings. The van der Waals surface area contributed by atoms with Gasteiger partial charge in [0.1, 0.15) is 11.2 Å². The van der Waals surface area contributed by atoms with E-state index < -0.39 is 5.41 Å². The lowest BCUT2D eigenvalue weighted by Gasteiger charge is -2.12. The van der Waals surface area contributed by atoms with Gasteiger partial charge in [0, 0.05) is 11.4 Å². The Labute approximate surface area is 147 Å². The Kier molecular flexibility index (Phi) is 4.63. The van der Waals surface area contributed by atoms with Crippen molar-refractivity contribution in [2.45, 2.75) is 51.5 Å². The quantitative estimate of drug-likeness (QED) is 0.837. The number of rotatable bonds is 7. The highest BCUT2D eigenvalue weighted by Crippen LogP contribution is 2.47. The minimum atomic E-state index is -0.640. The lowest BCUT2D eigenvalue weighted by molar-refractivity contribution is -0.120. The Balaban J connectivity index is 1.95. The largest absolute Gasteiger partial charge is 0.369 e. The summed E-state index contributed by atoms with van der Waals surface area (Å²) in [6.45, 7) is 4.87. The second-order valence-corrected chi connectivity index (χ2v) is 7.24. The smallest absolute Gasteiger partial charge is 0.231 e. The van der Waals surface area contributed by atoms with Crippen molar-refractivity contribution in [2.75, 3.05) is 0 Å². The van der Waals surface area contributed by atoms with Gasteiger partial charge in [-0.15, -0.1) is 0 Å². The van der Waals surface area contributed by atoms with Gasteiger partial charge in [-0.2, -0.15) is 5.10 Å². The zero-order valence-electron chi connectivity index (χ0n) is 14.1. The van der Waals surface area contributed by atoms with Gasteiger partial charge in [0.15, 0.2) is 5.82 Å². The third-order valence-corrected chi connectivity index (χ3v) is 5.05. The van der Waals surface area contributed by atoms with Crippen molar-refractivity contribution in [3.8, 4) is 0 Å². The summed E-state index contributed by atoms with van der Waals surface area (Å²) in [4.78, 5) is 16.6. The van der Waals surface area contributed by atoms with Crippen LogP contribution >= 0.6 is 11.6 Å². The van der Waals surface area contributed by atoms with Crippen LogP contribution in [0.1, 0.15) is 50.3 Å². The van der Waals surface area contributed by atoms with Crippen LogP contribution in [-0.4, -0.2) is 20.7 Å². The van der Waals surface area contributed by atoms with Crippen molar-refractivity contribution in [3.63, 3.8) is 0 Å². The summed E-state index contributed by atoms with van der Waals surface area (Å²) >= 11 is 6.08. The zero-order valence-corrected chi connectivity index (χ0v) is 14.9. The first-order valence-corrected chi connectivity index (χ1v) is 8.81. The molecule has 0 aliphatic heterocycles. The fourth-order valence-corrected chi connectivity index (χ4v) is 3.12. The van der Waals surface area contributed by atoms with Crippen LogP contribution in [0.25, 0.3) is 0 Å². The highest BCUT2D eigenvalue weighted by molar-refractivity contribution is 6.30. The first-order valence-electron chi connectivity index (χ1n) is 8.43. The molecule has 1 fully saturated rings. The lowest BCUT2D eigenvalue weighted by Crippen LogP contribution is -2.31. The summed E-state index contributed by atoms with van der Waals surface area (Å²) < 4.78 is 1.83. The van der Waals surface area contributed by atoms with Crippen LogP contribution in [0.4, 0.5) is 0 Å². The summed E-state index contributed by atoms with van der Waals surface area (Å²) in [7, 11) is 0. The minimum absolute atomic E-state index is 0.308. The molecule has 1 amide bonds. The highest BCUT2D eigenvalue weighted by Gasteiger charge is 2.54. The normalized spacial score (nSPS) is 16.8. The van der Waals surface area contributed by atoms with Gasteiger partial charge >= 0.3 is 0 Å². The average Bonchev–Trinajstić information content (AvgIpc) is 3.25. The van der Waals surface area contributed by atoms with E-state index in [9.17, 15) is 4.79 Å². The molecule has 5 nitrogen and oxygen atoms in total. The van der Waals surface area contributed by atoms with Crippen molar-refractivity contribution in [3.05, 3.63) is 46.5 Å². The first-order chi connectivity index (χ1) is 11.4. The lowest BCUT2D eigenvalue weighted by atomic mass is 10.0. The Morgan fingerprint density at radius 2 is 2.21 bits per heavy atom. The van der Waals surface area contributed by atoms with Crippen molar-refractivity contribution in [2.24, 2.45) is 11.7 Å². The van der Waals surface area contributed by atoms with Crippen molar-refractivity contribution >= 4 is 17.5 Å². The molecular weight excluding hydrogens is 324 g/mol. The van der Waals surface area contributed by atoms with Gasteiger partial charge < -0.3 is 5.73 Å². The molecule has 0 saturated heterocycles. The molecule has 1 atom stereocenters. The minimum Gasteiger partial charge on any atom is -0.369 e. The van der Waals surface area contributed by atoms with Gasteiger partial charge in [0.05, 0.1) is 6.54 Å². The van der Waals surface area contributed by atoms with Gasteiger partial charge in [0.2, 0.25) is 5.91 Å². The summed E-state index contributed by atoms with van der Waals surface area (Å²) in [5, 5.41) is 5.35. The van der Waals surface area contributed by atoms with Crippen LogP contribution in [-0.2, 0) is 23.2 Å². The summed E-state index contributed by atoms with van der Waals surface area (Å²) in [6.07, 6.45) is 3.37. The third kappa shape index (κ3) is 3.31. The third-order valence-electron chi connectivity index (χ3n) is 4.81. The molecule has 1 unspecified atom stereocenters. The van der Waals surface area contributed by atoms with Gasteiger partial charge in [-0.1, -0.05) is 44.0 Å². The number of amides is 1. The molecule has 1 heterocycles. The van der Waals surface area contributed by atoms with Crippen LogP contribution in [0.5, 0.6) is 0 Å². The van der Waals surface area contributed by atoms with Crippen LogP contribution in [0.2, 0.25) is 5.02 Å². The average molecular weight is 347 g/mol. The maximum Gasteiger partial charge on any atom is 0.231 e. The van der Waals surface area contributed by atoms with Crippen LogP contribution in [0, 0.1) is 5.92 Å². The van der Waals surface area contributed by atoms with Crippen molar-refractivity contribution in [1.82, 2.24) is 14.8 Å². The molecule has 1 aliphatic rings. The number of carbonyl (C=O) groups is 1. The molecule has 1 saturated carbocycles. The Morgan fingerprint density at radius 3 is 2.79 bits per heavy atom. The zero-order chi connectivity index (χ0) is 17.3. The van der Waals surface area contributed by atoms with E-state index >= 15 is 0 Å². The number of nitrogens with zero attached hydrogens (tertiary/aromatic N) is 3. The number of benzene rings is 1. The van der Waals surface area contributed by atoms with Gasteiger partial charge in [-0.25, -0.2) is 9.67 Å². The molecule has 1 aliphatic carbocycles. The molecule has 24 heavy (non-hydrogen) atoms. The topological polar surface area (TPSA) is 73.8 Å². The highest BCUT2D eigenvalue weighted by atomic mass is 35.5. The predicted molar refractivity (Wildman–Crippen MR) is 93.8 cm³/mol. The van der Waals surface area contributed by atoms with E-state index in [4.69, 9.17) is 22.3 Å². The van der Waals surface area contributed by atoms with Crippen LogP contribution in [0.15, 0.2) is 24.3 Å². The van der Waals surface area contributed by atoms with E-state index in [1.807, 2.05) is 28.9 Å². The van der Waals surface area contributed by atoms with E-state index in [1.54, 1.807) is 0 Å². The molecule has 0 spiro atoms. The second-order valence-electron chi connectivity index (χ2n) is 6.80. The van der Waals surface area contributed by atoms with E-state index in [1.165, 1.54) is 0 Å². The summed E-state index contributed by atoms with van der Waals surface area (Å²) in [5.41, 5.74) is 6.04. The van der Waals surface area contributed by atoms with Gasteiger partial charge in [0.25, 0.3) is 0 Å². The summed E-state index contributed by atoms with van der Waals surface area (Å²) in [6, 6.07) is 7.66. The van der Waals surface area contributed by atoms with E-state index in [2.05, 4.69) is 18.9 Å². The maximum absolute atomic E-state index is 12.0. The molecule has 128 valence electrons. The van der Waals surface area contributed by atoms with E-state index in [0.717, 1.165) is 37.1 Å². The molecule has 1 aromatic heterocycles. The number of primary amides is 1. The number of hydrogen-bond acceptors (Lipinski definition) is 3. The fraction of sp³-hybridized carbons (Fsp3) is 0.500. The standard InChI is InChI=1S/C18H23ClN4O/c1-3-12(2)9-15-21-17(18(7-8-18)16(20)24)23(22-15)11-13-5-4-6-14(19)10-13/h4-6,10,12H,3,7-9,11H2,1-2H3,(H2,20,24). The first kappa shape index (κ1) is 17.0. The van der Waals surface area contributed by atoms with Crippen LogP contribution < -0.4 is 5.73 Å². The van der Waals surface area contributed by atoms with E-state index in [0.29, 0.717) is 23.3 Å². The van der Waals surface area contributed by atoms with Crippen LogP contribution in [0.3, 0.4) is 0 Å². The Hall–Kier alpha value is -1.88. The Bertz CT molecular complexity index is 751. The molecular formula is C18H23ClN4O. The molecule has 1 aromatic carbocycles. The molecule has 6 heteroatoms. The molecule has 0 radical (unpaired) electrons. The van der Waals surface area contributed by atoms with Crippen molar-refractivity contribution < 1.29 is 4.79 Å². The number of nitrogens with two attached hydrogens (primary N) is 1. The SMILES string of the molecule is CCC(C)Cc1nc(C2(C(N)=O)CC2)n(Cc2cccc(Cl)c2)n1. The second kappa shape index (κ2) is 6.55. The fourth-order valence-electron chi connectivity index (χ4n) is 2.91. The number of halogens is 1. The molecule has 0 bridgehead atoms. The van der Waals surface area contributed by atoms with Gasteiger partial charge in [-0.3, -0.25) is 4.79 Å². The number of hydrogen-bond donors (Lipinski definition) is 1. The number of aromatic nitrogens is 3. The summed E-state index contributed by atoms with van der Waals surface area (Å²) in [5.74, 6) is 1.68. The van der Waals surface area contributed by atoms with Crippen molar-refractivity contribution in [1.29, 1.82) is 0 Å². The molecule has 3 rings (SSSR count). The number of carbonyl (C=O) groups excluding carboxylic acids is 1. The maximum atomic E-state index is 12.0. The molecule has 2 N–H and O–H groups in total. The monoisotopic (exact) mass is 346 g/mol.